The number of nitrogens with one attached hydrogen (secondary N) is 2. The number of amides is 1. The summed E-state index contributed by atoms with van der Waals surface area (Å²) >= 11 is 5.85. The molecule has 0 unspecified atom stereocenters. The van der Waals surface area contributed by atoms with Gasteiger partial charge in [-0.1, -0.05) is 11.6 Å². The fourth-order valence-corrected chi connectivity index (χ4v) is 1.54. The van der Waals surface area contributed by atoms with Gasteiger partial charge in [-0.05, 0) is 0 Å². The molecular formula is C11H17ClN4O3. The molecular weight excluding hydrogens is 272 g/mol. The zero-order valence-electron chi connectivity index (χ0n) is 10.9. The quantitative estimate of drug-likeness (QED) is 0.541. The number of carbonyl (C=O) groups is 1. The molecule has 0 aromatic carbocycles. The van der Waals surface area contributed by atoms with E-state index in [1.165, 1.54) is 13.4 Å². The first-order valence-electron chi connectivity index (χ1n) is 5.73. The minimum Gasteiger partial charge on any atom is -0.490 e. The molecule has 1 aromatic rings. The Labute approximate surface area is 116 Å². The van der Waals surface area contributed by atoms with Crippen molar-refractivity contribution in [3.05, 3.63) is 11.5 Å². The number of aromatic nitrogens is 2. The van der Waals surface area contributed by atoms with Crippen molar-refractivity contribution in [2.24, 2.45) is 0 Å². The molecule has 1 rings (SSSR count). The van der Waals surface area contributed by atoms with Gasteiger partial charge in [0.1, 0.15) is 6.33 Å². The predicted octanol–water partition coefficient (Wildman–Crippen LogP) is 0.703. The minimum absolute atomic E-state index is 0.0660. The summed E-state index contributed by atoms with van der Waals surface area (Å²) < 4.78 is 9.91. The molecule has 0 bridgehead atoms. The molecule has 0 radical (unpaired) electrons. The summed E-state index contributed by atoms with van der Waals surface area (Å²) in [5.74, 6) is 0.764. The lowest BCUT2D eigenvalue weighted by Gasteiger charge is -2.10. The zero-order valence-corrected chi connectivity index (χ0v) is 11.7. The van der Waals surface area contributed by atoms with Crippen LogP contribution in [0.5, 0.6) is 5.75 Å². The number of methoxy groups -OCH3 is 2. The van der Waals surface area contributed by atoms with Crippen LogP contribution < -0.4 is 15.4 Å². The third kappa shape index (κ3) is 5.27. The Bertz CT molecular complexity index is 417. The van der Waals surface area contributed by atoms with Crippen molar-refractivity contribution in [1.29, 1.82) is 0 Å². The summed E-state index contributed by atoms with van der Waals surface area (Å²) in [6.07, 6.45) is 1.64. The van der Waals surface area contributed by atoms with Gasteiger partial charge in [0.15, 0.2) is 16.7 Å². The lowest BCUT2D eigenvalue weighted by Crippen LogP contribution is -2.28. The van der Waals surface area contributed by atoms with E-state index < -0.39 is 0 Å². The van der Waals surface area contributed by atoms with Gasteiger partial charge in [-0.3, -0.25) is 4.79 Å². The van der Waals surface area contributed by atoms with Crippen LogP contribution >= 0.6 is 11.6 Å². The van der Waals surface area contributed by atoms with Gasteiger partial charge in [-0.2, -0.15) is 0 Å². The maximum atomic E-state index is 11.4. The molecule has 0 fully saturated rings. The van der Waals surface area contributed by atoms with Crippen LogP contribution in [0.1, 0.15) is 6.42 Å². The molecule has 19 heavy (non-hydrogen) atoms. The first-order chi connectivity index (χ1) is 9.19. The number of ether oxygens (including phenoxy) is 2. The highest BCUT2D eigenvalue weighted by atomic mass is 35.5. The highest BCUT2D eigenvalue weighted by molar-refractivity contribution is 6.31. The van der Waals surface area contributed by atoms with E-state index in [1.54, 1.807) is 7.11 Å². The third-order valence-corrected chi connectivity index (χ3v) is 2.51. The molecule has 0 saturated heterocycles. The fraction of sp³-hybridized carbons (Fsp3) is 0.545. The summed E-state index contributed by atoms with van der Waals surface area (Å²) in [4.78, 5) is 19.2. The van der Waals surface area contributed by atoms with Crippen LogP contribution in [0.4, 0.5) is 5.82 Å². The summed E-state index contributed by atoms with van der Waals surface area (Å²) in [5, 5.41) is 5.92. The van der Waals surface area contributed by atoms with E-state index in [9.17, 15) is 4.79 Å². The molecule has 2 N–H and O–H groups in total. The average molecular weight is 289 g/mol. The predicted molar refractivity (Wildman–Crippen MR) is 71.6 cm³/mol. The van der Waals surface area contributed by atoms with E-state index in [-0.39, 0.29) is 11.1 Å². The van der Waals surface area contributed by atoms with Crippen molar-refractivity contribution in [2.75, 3.05) is 39.2 Å². The van der Waals surface area contributed by atoms with Gasteiger partial charge < -0.3 is 20.1 Å². The number of hydrogen-bond acceptors (Lipinski definition) is 6. The number of hydrogen-bond donors (Lipinski definition) is 2. The molecule has 0 saturated carbocycles. The van der Waals surface area contributed by atoms with E-state index in [0.717, 1.165) is 0 Å². The molecule has 1 amide bonds. The number of halogens is 1. The summed E-state index contributed by atoms with van der Waals surface area (Å²) in [7, 11) is 3.06. The van der Waals surface area contributed by atoms with Crippen LogP contribution in [0.25, 0.3) is 0 Å². The van der Waals surface area contributed by atoms with Crippen molar-refractivity contribution >= 4 is 23.3 Å². The zero-order chi connectivity index (χ0) is 14.1. The van der Waals surface area contributed by atoms with Gasteiger partial charge >= 0.3 is 0 Å². The summed E-state index contributed by atoms with van der Waals surface area (Å²) in [6.45, 7) is 1.41. The van der Waals surface area contributed by atoms with Gasteiger partial charge in [0.05, 0.1) is 13.7 Å². The monoisotopic (exact) mass is 288 g/mol. The molecule has 8 heteroatoms. The van der Waals surface area contributed by atoms with Crippen molar-refractivity contribution in [3.63, 3.8) is 0 Å². The minimum atomic E-state index is -0.0660. The lowest BCUT2D eigenvalue weighted by atomic mass is 10.4. The maximum absolute atomic E-state index is 11.4. The van der Waals surface area contributed by atoms with Crippen molar-refractivity contribution < 1.29 is 14.3 Å². The Kier molecular flexibility index (Phi) is 6.91. The van der Waals surface area contributed by atoms with Gasteiger partial charge in [-0.15, -0.1) is 0 Å². The Balaban J connectivity index is 2.37. The average Bonchev–Trinajstić information content (AvgIpc) is 2.39. The van der Waals surface area contributed by atoms with Crippen LogP contribution in [-0.4, -0.2) is 49.8 Å². The maximum Gasteiger partial charge on any atom is 0.221 e. The fourth-order valence-electron chi connectivity index (χ4n) is 1.33. The van der Waals surface area contributed by atoms with Crippen LogP contribution in [0.2, 0.25) is 5.15 Å². The number of nitrogens with zero attached hydrogens (tertiary/aromatic N) is 2. The molecule has 7 nitrogen and oxygen atoms in total. The smallest absolute Gasteiger partial charge is 0.221 e. The Hall–Kier alpha value is -1.60. The normalized spacial score (nSPS) is 10.1. The first-order valence-corrected chi connectivity index (χ1v) is 6.10. The number of carbonyl (C=O) groups excluding carboxylic acids is 1. The standard InChI is InChI=1S/C11H17ClN4O3/c1-18-6-5-13-8(17)3-4-14-11-9(19-2)10(12)15-7-16-11/h7H,3-6H2,1-2H3,(H,13,17)(H,14,15,16). The summed E-state index contributed by atoms with van der Waals surface area (Å²) in [5.41, 5.74) is 0. The van der Waals surface area contributed by atoms with Crippen LogP contribution in [0, 0.1) is 0 Å². The van der Waals surface area contributed by atoms with Gasteiger partial charge in [0.25, 0.3) is 0 Å². The Morgan fingerprint density at radius 1 is 1.37 bits per heavy atom. The molecule has 0 aliphatic heterocycles. The van der Waals surface area contributed by atoms with E-state index >= 15 is 0 Å². The first kappa shape index (κ1) is 15.5. The molecule has 1 heterocycles. The van der Waals surface area contributed by atoms with Crippen LogP contribution in [-0.2, 0) is 9.53 Å². The van der Waals surface area contributed by atoms with Gasteiger partial charge in [0.2, 0.25) is 5.91 Å². The van der Waals surface area contributed by atoms with Gasteiger partial charge in [-0.25, -0.2) is 9.97 Å². The molecule has 106 valence electrons. The van der Waals surface area contributed by atoms with Gasteiger partial charge in [0, 0.05) is 26.6 Å². The van der Waals surface area contributed by atoms with E-state index in [2.05, 4.69) is 20.6 Å². The second-order valence-electron chi connectivity index (χ2n) is 3.57. The van der Waals surface area contributed by atoms with Crippen molar-refractivity contribution in [2.45, 2.75) is 6.42 Å². The molecule has 0 aliphatic rings. The van der Waals surface area contributed by atoms with Crippen molar-refractivity contribution in [1.82, 2.24) is 15.3 Å². The second kappa shape index (κ2) is 8.49. The molecule has 1 aromatic heterocycles. The van der Waals surface area contributed by atoms with Crippen LogP contribution in [0.15, 0.2) is 6.33 Å². The lowest BCUT2D eigenvalue weighted by molar-refractivity contribution is -0.121. The van der Waals surface area contributed by atoms with Crippen molar-refractivity contribution in [3.8, 4) is 5.75 Å². The number of rotatable bonds is 8. The highest BCUT2D eigenvalue weighted by Crippen LogP contribution is 2.27. The summed E-state index contributed by atoms with van der Waals surface area (Å²) in [6, 6.07) is 0. The SMILES string of the molecule is COCCNC(=O)CCNc1ncnc(Cl)c1OC. The third-order valence-electron chi connectivity index (χ3n) is 2.24. The van der Waals surface area contributed by atoms with E-state index in [0.29, 0.717) is 37.7 Å². The number of anilines is 1. The Morgan fingerprint density at radius 2 is 2.16 bits per heavy atom. The van der Waals surface area contributed by atoms with E-state index in [1.807, 2.05) is 0 Å². The second-order valence-corrected chi connectivity index (χ2v) is 3.92. The van der Waals surface area contributed by atoms with Crippen LogP contribution in [0.3, 0.4) is 0 Å². The molecule has 0 aliphatic carbocycles. The van der Waals surface area contributed by atoms with E-state index in [4.69, 9.17) is 21.1 Å². The topological polar surface area (TPSA) is 85.4 Å². The Morgan fingerprint density at radius 3 is 2.84 bits per heavy atom. The molecule has 0 atom stereocenters. The molecule has 0 spiro atoms. The largest absolute Gasteiger partial charge is 0.490 e. The highest BCUT2D eigenvalue weighted by Gasteiger charge is 2.10.